The molecule has 1 saturated carbocycles. The lowest BCUT2D eigenvalue weighted by Crippen LogP contribution is -2.52. The normalized spacial score (nSPS) is 20.4. The van der Waals surface area contributed by atoms with Gasteiger partial charge < -0.3 is 39.9 Å². The van der Waals surface area contributed by atoms with Crippen molar-refractivity contribution in [3.63, 3.8) is 0 Å². The van der Waals surface area contributed by atoms with Crippen LogP contribution in [0.5, 0.6) is 0 Å². The molecule has 0 unspecified atom stereocenters. The Labute approximate surface area is 348 Å². The van der Waals surface area contributed by atoms with Crippen molar-refractivity contribution in [1.82, 2.24) is 40.4 Å². The van der Waals surface area contributed by atoms with Crippen LogP contribution in [-0.2, 0) is 19.1 Å². The molecule has 0 bridgehead atoms. The lowest BCUT2D eigenvalue weighted by atomic mass is 10.0. The van der Waals surface area contributed by atoms with Gasteiger partial charge in [-0.3, -0.25) is 9.59 Å². The second-order valence-corrected chi connectivity index (χ2v) is 24.3. The molecule has 5 heterocycles. The Morgan fingerprint density at radius 1 is 0.847 bits per heavy atom. The highest BCUT2D eigenvalue weighted by Crippen LogP contribution is 2.58. The van der Waals surface area contributed by atoms with E-state index in [9.17, 15) is 19.2 Å². The summed E-state index contributed by atoms with van der Waals surface area (Å²) in [5.74, 6) is 1.08. The molecule has 4 N–H and O–H groups in total. The van der Waals surface area contributed by atoms with Gasteiger partial charge in [0, 0.05) is 23.0 Å². The van der Waals surface area contributed by atoms with E-state index in [4.69, 9.17) is 19.4 Å². The van der Waals surface area contributed by atoms with Crippen LogP contribution in [0.15, 0.2) is 48.7 Å². The molecular weight excluding hydrogens is 785 g/mol. The van der Waals surface area contributed by atoms with Gasteiger partial charge in [-0.2, -0.15) is 0 Å². The lowest BCUT2D eigenvalue weighted by molar-refractivity contribution is -0.136. The SMILES string of the molecule is COC(=O)N[C@H](C(=O)N1C[Si](C)(C)C[C@H]1c1ncc(-c2ccc(-c3ccc4c(ccc5[nH]c([C@@H]6CC7(CC7)CN6C(=O)[C@@H](NC(=O)OC)C(C)C)nc54)c3)s2)[nH]1)C(C)C. The predicted molar refractivity (Wildman–Crippen MR) is 230 cm³/mol. The molecule has 3 aromatic heterocycles. The van der Waals surface area contributed by atoms with Gasteiger partial charge in [-0.25, -0.2) is 19.6 Å². The highest BCUT2D eigenvalue weighted by molar-refractivity contribution is 7.18. The van der Waals surface area contributed by atoms with E-state index in [0.29, 0.717) is 12.7 Å². The van der Waals surface area contributed by atoms with Crippen LogP contribution in [0, 0.1) is 17.3 Å². The average Bonchev–Trinajstić information content (AvgIpc) is 3.81. The number of fused-ring (bicyclic) bond motifs is 3. The minimum atomic E-state index is -1.76. The third-order valence-electron chi connectivity index (χ3n) is 12.4. The Morgan fingerprint density at radius 3 is 2.15 bits per heavy atom. The lowest BCUT2D eigenvalue weighted by Gasteiger charge is -2.30. The van der Waals surface area contributed by atoms with Crippen LogP contribution in [-0.4, -0.2) is 101 Å². The molecule has 3 aliphatic rings. The van der Waals surface area contributed by atoms with Crippen molar-refractivity contribution >= 4 is 65.2 Å². The van der Waals surface area contributed by atoms with Gasteiger partial charge in [0.05, 0.1) is 62.2 Å². The number of nitrogens with one attached hydrogen (secondary N) is 4. The zero-order chi connectivity index (χ0) is 42.0. The maximum atomic E-state index is 14.0. The molecule has 4 atom stereocenters. The smallest absolute Gasteiger partial charge is 0.407 e. The number of likely N-dealkylation sites (tertiary alicyclic amines) is 1. The number of aromatic nitrogens is 4. The molecule has 0 radical (unpaired) electrons. The number of imidazole rings is 2. The Kier molecular flexibility index (Phi) is 10.6. The summed E-state index contributed by atoms with van der Waals surface area (Å²) < 4.78 is 9.66. The molecule has 5 aromatic rings. The summed E-state index contributed by atoms with van der Waals surface area (Å²) in [6.07, 6.45) is 4.31. The molecule has 59 heavy (non-hydrogen) atoms. The molecule has 1 aliphatic carbocycles. The summed E-state index contributed by atoms with van der Waals surface area (Å²) >= 11 is 1.67. The molecule has 2 saturated heterocycles. The summed E-state index contributed by atoms with van der Waals surface area (Å²) in [5.41, 5.74) is 3.87. The van der Waals surface area contributed by atoms with Crippen molar-refractivity contribution in [2.45, 2.75) is 90.3 Å². The zero-order valence-electron chi connectivity index (χ0n) is 35.0. The van der Waals surface area contributed by atoms with Gasteiger partial charge in [0.25, 0.3) is 0 Å². The fraction of sp³-hybridized carbons (Fsp3) is 0.488. The van der Waals surface area contributed by atoms with Crippen LogP contribution in [0.25, 0.3) is 42.8 Å². The number of nitrogens with zero attached hydrogens (tertiary/aromatic N) is 4. The van der Waals surface area contributed by atoms with Crippen molar-refractivity contribution < 1.29 is 28.7 Å². The van der Waals surface area contributed by atoms with Gasteiger partial charge in [-0.15, -0.1) is 11.3 Å². The Hall–Kier alpha value is -5.22. The van der Waals surface area contributed by atoms with Gasteiger partial charge in [-0.1, -0.05) is 59.0 Å². The summed E-state index contributed by atoms with van der Waals surface area (Å²) in [7, 11) is 0.854. The standard InChI is InChI=1S/C43H54N8O6SSi/c1-23(2)34(48-41(54)56-5)39(52)50-21-43(15-16-43)18-30(50)38-45-28-12-10-25-17-26(9-11-27(25)36(28)47-38)32-13-14-33(58-32)29-19-44-37(46-29)31-20-59(7,8)22-51(31)40(53)35(24(3)4)49-42(55)57-6/h9-14,17,19,23-24,30-31,34-35H,15-16,18,20-22H2,1-8H3,(H,44,46)(H,45,47)(H,48,54)(H,49,55)/t30-,31-,34-,35-/m0/s1. The minimum absolute atomic E-state index is 0.107. The highest BCUT2D eigenvalue weighted by atomic mass is 32.1. The first-order valence-electron chi connectivity index (χ1n) is 20.5. The van der Waals surface area contributed by atoms with E-state index in [0.717, 1.165) is 79.8 Å². The number of methoxy groups -OCH3 is 2. The van der Waals surface area contributed by atoms with Crippen LogP contribution < -0.4 is 10.6 Å². The molecule has 16 heteroatoms. The Balaban J connectivity index is 1.02. The second-order valence-electron chi connectivity index (χ2n) is 18.1. The number of aromatic amines is 2. The second kappa shape index (κ2) is 15.4. The molecule has 1 spiro atoms. The summed E-state index contributed by atoms with van der Waals surface area (Å²) in [4.78, 5) is 75.3. The number of hydrogen-bond acceptors (Lipinski definition) is 9. The van der Waals surface area contributed by atoms with E-state index in [-0.39, 0.29) is 41.1 Å². The topological polar surface area (TPSA) is 175 Å². The minimum Gasteiger partial charge on any atom is -0.453 e. The van der Waals surface area contributed by atoms with Crippen LogP contribution in [0.3, 0.4) is 0 Å². The predicted octanol–water partition coefficient (Wildman–Crippen LogP) is 7.78. The van der Waals surface area contributed by atoms with Crippen molar-refractivity contribution in [2.75, 3.05) is 26.9 Å². The van der Waals surface area contributed by atoms with Crippen molar-refractivity contribution in [3.05, 3.63) is 60.3 Å². The first-order valence-corrected chi connectivity index (χ1v) is 24.7. The summed E-state index contributed by atoms with van der Waals surface area (Å²) in [6.45, 7) is 12.9. The van der Waals surface area contributed by atoms with Crippen molar-refractivity contribution in [1.29, 1.82) is 0 Å². The quantitative estimate of drug-likeness (QED) is 0.103. The van der Waals surface area contributed by atoms with E-state index >= 15 is 0 Å². The van der Waals surface area contributed by atoms with E-state index < -0.39 is 32.3 Å². The monoisotopic (exact) mass is 838 g/mol. The molecule has 2 aliphatic heterocycles. The van der Waals surface area contributed by atoms with Gasteiger partial charge in [0.1, 0.15) is 23.7 Å². The van der Waals surface area contributed by atoms with E-state index in [1.54, 1.807) is 11.3 Å². The highest BCUT2D eigenvalue weighted by Gasteiger charge is 2.55. The van der Waals surface area contributed by atoms with Crippen LogP contribution in [0.2, 0.25) is 19.1 Å². The number of thiophene rings is 1. The maximum absolute atomic E-state index is 14.0. The molecule has 14 nitrogen and oxygen atoms in total. The number of H-pyrrole nitrogens is 2. The van der Waals surface area contributed by atoms with E-state index in [1.807, 2.05) is 43.7 Å². The molecule has 4 amide bonds. The summed E-state index contributed by atoms with van der Waals surface area (Å²) in [5, 5.41) is 7.60. The Morgan fingerprint density at radius 2 is 1.51 bits per heavy atom. The number of carbonyl (C=O) groups excluding carboxylic acids is 4. The number of rotatable bonds is 10. The number of hydrogen-bond donors (Lipinski definition) is 4. The van der Waals surface area contributed by atoms with Gasteiger partial charge in [0.15, 0.2) is 0 Å². The van der Waals surface area contributed by atoms with Crippen LogP contribution in [0.1, 0.15) is 70.7 Å². The number of alkyl carbamates (subject to hydrolysis) is 2. The van der Waals surface area contributed by atoms with Gasteiger partial charge in [0.2, 0.25) is 11.8 Å². The molecule has 3 fully saturated rings. The van der Waals surface area contributed by atoms with E-state index in [2.05, 4.69) is 76.2 Å². The third kappa shape index (κ3) is 7.84. The van der Waals surface area contributed by atoms with Crippen molar-refractivity contribution in [3.8, 4) is 21.0 Å². The number of carbonyl (C=O) groups is 4. The molecule has 312 valence electrons. The number of benzene rings is 2. The largest absolute Gasteiger partial charge is 0.453 e. The van der Waals surface area contributed by atoms with Gasteiger partial charge in [-0.05, 0) is 77.8 Å². The first-order chi connectivity index (χ1) is 28.1. The average molecular weight is 839 g/mol. The van der Waals surface area contributed by atoms with E-state index in [1.165, 1.54) is 14.2 Å². The maximum Gasteiger partial charge on any atom is 0.407 e. The molecule has 8 rings (SSSR count). The van der Waals surface area contributed by atoms with Crippen molar-refractivity contribution in [2.24, 2.45) is 17.3 Å². The van der Waals surface area contributed by atoms with Gasteiger partial charge >= 0.3 is 12.2 Å². The third-order valence-corrected chi connectivity index (χ3v) is 16.3. The summed E-state index contributed by atoms with van der Waals surface area (Å²) in [6, 6.07) is 13.9. The number of ether oxygens (including phenoxy) is 2. The van der Waals surface area contributed by atoms with Crippen LogP contribution >= 0.6 is 11.3 Å². The number of amides is 4. The fourth-order valence-electron chi connectivity index (χ4n) is 8.97. The Bertz CT molecular complexity index is 2430. The van der Waals surface area contributed by atoms with Crippen LogP contribution in [0.4, 0.5) is 9.59 Å². The fourth-order valence-corrected chi connectivity index (χ4v) is 12.8. The first kappa shape index (κ1) is 40.6. The molecular formula is C43H54N8O6SSi. The molecule has 2 aromatic carbocycles. The zero-order valence-corrected chi connectivity index (χ0v) is 36.8.